The molecule has 0 atom stereocenters. The number of aryl methyl sites for hydroxylation is 1. The van der Waals surface area contributed by atoms with E-state index in [0.717, 1.165) is 21.9 Å². The zero-order valence-corrected chi connectivity index (χ0v) is 21.5. The molecule has 0 aliphatic rings. The van der Waals surface area contributed by atoms with Crippen LogP contribution in [0.5, 0.6) is 17.2 Å². The second kappa shape index (κ2) is 13.2. The Labute approximate surface area is 228 Å². The molecule has 0 radical (unpaired) electrons. The third-order valence-corrected chi connectivity index (χ3v) is 5.66. The summed E-state index contributed by atoms with van der Waals surface area (Å²) in [6.07, 6.45) is -0.375. The van der Waals surface area contributed by atoms with Gasteiger partial charge < -0.3 is 23.7 Å². The van der Waals surface area contributed by atoms with Crippen LogP contribution in [0.4, 0.5) is 13.6 Å². The molecular formula is C29H26F2N2O7. The van der Waals surface area contributed by atoms with E-state index in [1.165, 1.54) is 24.3 Å². The number of carboxylic acid groups (broad SMARTS) is 1. The van der Waals surface area contributed by atoms with Crippen molar-refractivity contribution >= 4 is 12.1 Å². The maximum absolute atomic E-state index is 12.6. The van der Waals surface area contributed by atoms with Crippen LogP contribution in [0.15, 0.2) is 83.3 Å². The van der Waals surface area contributed by atoms with Crippen LogP contribution in [0.1, 0.15) is 17.0 Å². The lowest BCUT2D eigenvalue weighted by Crippen LogP contribution is -2.37. The summed E-state index contributed by atoms with van der Waals surface area (Å²) in [5, 5.41) is 9.25. The number of carbonyl (C=O) groups is 2. The quantitative estimate of drug-likeness (QED) is 0.229. The molecule has 40 heavy (non-hydrogen) atoms. The number of nitrogens with zero attached hydrogens (tertiary/aromatic N) is 2. The number of ether oxygens (including phenoxy) is 3. The van der Waals surface area contributed by atoms with Crippen LogP contribution >= 0.6 is 0 Å². The van der Waals surface area contributed by atoms with Gasteiger partial charge in [-0.05, 0) is 61.0 Å². The highest BCUT2D eigenvalue weighted by atomic mass is 19.3. The number of carbonyl (C=O) groups excluding carboxylic acids is 1. The van der Waals surface area contributed by atoms with Crippen molar-refractivity contribution in [2.75, 3.05) is 13.2 Å². The van der Waals surface area contributed by atoms with Crippen LogP contribution in [0, 0.1) is 6.92 Å². The summed E-state index contributed by atoms with van der Waals surface area (Å²) in [5.41, 5.74) is 2.34. The molecule has 1 amide bonds. The lowest BCUT2D eigenvalue weighted by Gasteiger charge is -2.20. The Morgan fingerprint density at radius 2 is 1.60 bits per heavy atom. The van der Waals surface area contributed by atoms with Gasteiger partial charge in [-0.2, -0.15) is 8.78 Å². The Hall–Kier alpha value is -4.93. The fourth-order valence-corrected chi connectivity index (χ4v) is 3.74. The van der Waals surface area contributed by atoms with E-state index in [1.807, 2.05) is 37.3 Å². The molecule has 0 fully saturated rings. The van der Waals surface area contributed by atoms with Gasteiger partial charge in [-0.15, -0.1) is 0 Å². The molecule has 11 heteroatoms. The van der Waals surface area contributed by atoms with Crippen LogP contribution in [-0.2, 0) is 17.8 Å². The zero-order valence-electron chi connectivity index (χ0n) is 21.5. The number of aliphatic carboxylic acids is 1. The number of benzene rings is 3. The Kier molecular flexibility index (Phi) is 9.29. The summed E-state index contributed by atoms with van der Waals surface area (Å²) in [5.74, 6) is 0.583. The summed E-state index contributed by atoms with van der Waals surface area (Å²) in [6.45, 7) is -1.42. The first-order valence-electron chi connectivity index (χ1n) is 12.2. The molecule has 1 aromatic heterocycles. The highest BCUT2D eigenvalue weighted by molar-refractivity contribution is 5.78. The second-order valence-corrected chi connectivity index (χ2v) is 8.60. The topological polar surface area (TPSA) is 111 Å². The molecule has 0 aliphatic carbocycles. The van der Waals surface area contributed by atoms with Crippen molar-refractivity contribution < 1.29 is 42.1 Å². The number of carboxylic acids is 1. The Bertz CT molecular complexity index is 1410. The smallest absolute Gasteiger partial charge is 0.416 e. The van der Waals surface area contributed by atoms with E-state index in [1.54, 1.807) is 24.3 Å². The van der Waals surface area contributed by atoms with Crippen molar-refractivity contribution in [2.24, 2.45) is 0 Å². The molecule has 4 rings (SSSR count). The molecule has 0 aliphatic heterocycles. The van der Waals surface area contributed by atoms with Crippen molar-refractivity contribution in [1.29, 1.82) is 0 Å². The van der Waals surface area contributed by atoms with Crippen LogP contribution in [0.25, 0.3) is 11.5 Å². The molecule has 0 unspecified atom stereocenters. The van der Waals surface area contributed by atoms with E-state index in [4.69, 9.17) is 13.9 Å². The van der Waals surface area contributed by atoms with Gasteiger partial charge in [-0.25, -0.2) is 9.78 Å². The van der Waals surface area contributed by atoms with Crippen LogP contribution < -0.4 is 14.2 Å². The number of halogens is 2. The van der Waals surface area contributed by atoms with Gasteiger partial charge in [0.2, 0.25) is 5.89 Å². The van der Waals surface area contributed by atoms with E-state index >= 15 is 0 Å². The summed E-state index contributed by atoms with van der Waals surface area (Å²) >= 11 is 0. The molecule has 4 aromatic rings. The number of hydrogen-bond acceptors (Lipinski definition) is 7. The molecule has 1 heterocycles. The van der Waals surface area contributed by atoms with Crippen LogP contribution in [0.3, 0.4) is 0 Å². The third kappa shape index (κ3) is 8.03. The van der Waals surface area contributed by atoms with Gasteiger partial charge in [0.15, 0.2) is 0 Å². The normalized spacial score (nSPS) is 10.8. The number of amides is 1. The van der Waals surface area contributed by atoms with Crippen LogP contribution in [-0.4, -0.2) is 46.8 Å². The average Bonchev–Trinajstić information content (AvgIpc) is 3.30. The van der Waals surface area contributed by atoms with Crippen molar-refractivity contribution in [3.63, 3.8) is 0 Å². The van der Waals surface area contributed by atoms with E-state index < -0.39 is 25.2 Å². The molecule has 208 valence electrons. The maximum atomic E-state index is 12.6. The minimum absolute atomic E-state index is 0.0433. The molecule has 3 aromatic carbocycles. The molecule has 0 saturated heterocycles. The lowest BCUT2D eigenvalue weighted by molar-refractivity contribution is -0.138. The fraction of sp³-hybridized carbons (Fsp3) is 0.207. The molecule has 0 bridgehead atoms. The fourth-order valence-electron chi connectivity index (χ4n) is 3.74. The zero-order chi connectivity index (χ0) is 28.5. The number of aromatic nitrogens is 1. The Balaban J connectivity index is 1.31. The van der Waals surface area contributed by atoms with Gasteiger partial charge in [0, 0.05) is 18.5 Å². The Morgan fingerprint density at radius 3 is 2.25 bits per heavy atom. The van der Waals surface area contributed by atoms with Crippen LogP contribution in [0.2, 0.25) is 0 Å². The summed E-state index contributed by atoms with van der Waals surface area (Å²) in [4.78, 5) is 29.5. The first-order chi connectivity index (χ1) is 19.3. The summed E-state index contributed by atoms with van der Waals surface area (Å²) in [7, 11) is 0. The second-order valence-electron chi connectivity index (χ2n) is 8.60. The maximum Gasteiger partial charge on any atom is 0.416 e. The number of hydrogen-bond donors (Lipinski definition) is 1. The third-order valence-electron chi connectivity index (χ3n) is 5.66. The molecule has 9 nitrogen and oxygen atoms in total. The van der Waals surface area contributed by atoms with Crippen molar-refractivity contribution in [1.82, 2.24) is 9.88 Å². The van der Waals surface area contributed by atoms with E-state index in [-0.39, 0.29) is 18.0 Å². The van der Waals surface area contributed by atoms with Crippen molar-refractivity contribution in [3.8, 4) is 28.7 Å². The SMILES string of the molecule is Cc1oc(-c2ccccc2)nc1CCOc1ccc(CN(CC(=O)O)C(=O)Oc2ccc(OC(F)F)cc2)cc1. The molecular weight excluding hydrogens is 526 g/mol. The van der Waals surface area contributed by atoms with E-state index in [0.29, 0.717) is 30.2 Å². The van der Waals surface area contributed by atoms with Crippen molar-refractivity contribution in [3.05, 3.63) is 95.9 Å². The summed E-state index contributed by atoms with van der Waals surface area (Å²) in [6, 6.07) is 21.4. The number of alkyl halides is 2. The van der Waals surface area contributed by atoms with E-state index in [9.17, 15) is 23.5 Å². The monoisotopic (exact) mass is 552 g/mol. The van der Waals surface area contributed by atoms with Gasteiger partial charge in [0.05, 0.1) is 12.3 Å². The molecule has 0 spiro atoms. The summed E-state index contributed by atoms with van der Waals surface area (Å²) < 4.78 is 45.7. The standard InChI is InChI=1S/C29H26F2N2O7/c1-19-25(32-27(38-19)21-5-3-2-4-6-21)15-16-37-22-9-7-20(8-10-22)17-33(18-26(34)35)29(36)40-24-13-11-23(12-14-24)39-28(30)31/h2-14,28H,15-18H2,1H3,(H,34,35). The van der Waals surface area contributed by atoms with Gasteiger partial charge in [-0.3, -0.25) is 9.69 Å². The first kappa shape index (κ1) is 28.1. The van der Waals surface area contributed by atoms with Gasteiger partial charge in [0.25, 0.3) is 0 Å². The largest absolute Gasteiger partial charge is 0.493 e. The minimum Gasteiger partial charge on any atom is -0.493 e. The van der Waals surface area contributed by atoms with Gasteiger partial charge >= 0.3 is 18.7 Å². The predicted octanol–water partition coefficient (Wildman–Crippen LogP) is 5.96. The molecule has 0 saturated carbocycles. The number of rotatable bonds is 12. The highest BCUT2D eigenvalue weighted by Crippen LogP contribution is 2.23. The lowest BCUT2D eigenvalue weighted by atomic mass is 10.2. The predicted molar refractivity (Wildman–Crippen MR) is 139 cm³/mol. The highest BCUT2D eigenvalue weighted by Gasteiger charge is 2.20. The average molecular weight is 553 g/mol. The first-order valence-corrected chi connectivity index (χ1v) is 12.2. The number of oxazole rings is 1. The Morgan fingerprint density at radius 1 is 0.950 bits per heavy atom. The van der Waals surface area contributed by atoms with Gasteiger partial charge in [0.1, 0.15) is 29.6 Å². The van der Waals surface area contributed by atoms with E-state index in [2.05, 4.69) is 9.72 Å². The van der Waals surface area contributed by atoms with Gasteiger partial charge in [-0.1, -0.05) is 30.3 Å². The van der Waals surface area contributed by atoms with Crippen molar-refractivity contribution in [2.45, 2.75) is 26.5 Å². The molecule has 1 N–H and O–H groups in total. The minimum atomic E-state index is -2.98.